The summed E-state index contributed by atoms with van der Waals surface area (Å²) in [4.78, 5) is 21.7. The summed E-state index contributed by atoms with van der Waals surface area (Å²) in [6, 6.07) is 3.73. The van der Waals surface area contributed by atoms with Crippen molar-refractivity contribution in [1.29, 1.82) is 0 Å². The average molecular weight is 282 g/mol. The van der Waals surface area contributed by atoms with Crippen molar-refractivity contribution in [2.75, 3.05) is 19.0 Å². The molecule has 0 fully saturated rings. The SMILES string of the molecule is COCCCC(Nc1c(C)cccc1[N+](=O)[O-])C(=O)O. The molecule has 7 heteroatoms. The van der Waals surface area contributed by atoms with Crippen molar-refractivity contribution in [3.05, 3.63) is 33.9 Å². The van der Waals surface area contributed by atoms with Gasteiger partial charge in [-0.25, -0.2) is 4.79 Å². The number of carboxylic acid groups (broad SMARTS) is 1. The number of benzene rings is 1. The summed E-state index contributed by atoms with van der Waals surface area (Å²) in [6.07, 6.45) is 0.884. The Morgan fingerprint density at radius 1 is 1.55 bits per heavy atom. The minimum atomic E-state index is -1.04. The van der Waals surface area contributed by atoms with Crippen LogP contribution in [0.3, 0.4) is 0 Å². The van der Waals surface area contributed by atoms with Crippen LogP contribution in [0, 0.1) is 17.0 Å². The van der Waals surface area contributed by atoms with E-state index >= 15 is 0 Å². The Morgan fingerprint density at radius 2 is 2.25 bits per heavy atom. The molecular weight excluding hydrogens is 264 g/mol. The van der Waals surface area contributed by atoms with Crippen molar-refractivity contribution >= 4 is 17.3 Å². The number of aliphatic carboxylic acids is 1. The molecule has 0 radical (unpaired) electrons. The second kappa shape index (κ2) is 7.44. The highest BCUT2D eigenvalue weighted by Crippen LogP contribution is 2.28. The summed E-state index contributed by atoms with van der Waals surface area (Å²) in [5, 5.41) is 22.9. The zero-order valence-corrected chi connectivity index (χ0v) is 11.5. The van der Waals surface area contributed by atoms with Gasteiger partial charge in [-0.05, 0) is 25.3 Å². The first-order chi connectivity index (χ1) is 9.47. The van der Waals surface area contributed by atoms with E-state index in [1.54, 1.807) is 19.1 Å². The van der Waals surface area contributed by atoms with Crippen LogP contribution in [-0.2, 0) is 9.53 Å². The zero-order chi connectivity index (χ0) is 15.1. The Balaban J connectivity index is 2.93. The standard InChI is InChI=1S/C13H18N2O5/c1-9-5-3-7-11(15(18)19)12(9)14-10(13(16)17)6-4-8-20-2/h3,5,7,10,14H,4,6,8H2,1-2H3,(H,16,17). The summed E-state index contributed by atoms with van der Waals surface area (Å²) < 4.78 is 4.88. The summed E-state index contributed by atoms with van der Waals surface area (Å²) in [5.41, 5.74) is 0.766. The molecule has 0 heterocycles. The summed E-state index contributed by atoms with van der Waals surface area (Å²) >= 11 is 0. The third kappa shape index (κ3) is 4.20. The molecule has 0 aliphatic rings. The van der Waals surface area contributed by atoms with Gasteiger partial charge in [0.05, 0.1) is 4.92 Å². The predicted octanol–water partition coefficient (Wildman–Crippen LogP) is 2.19. The van der Waals surface area contributed by atoms with Crippen LogP contribution in [0.25, 0.3) is 0 Å². The van der Waals surface area contributed by atoms with E-state index in [1.807, 2.05) is 0 Å². The number of para-hydroxylation sites is 1. The summed E-state index contributed by atoms with van der Waals surface area (Å²) in [5.74, 6) is -1.04. The van der Waals surface area contributed by atoms with Gasteiger partial charge in [0.1, 0.15) is 11.7 Å². The first kappa shape index (κ1) is 15.9. The monoisotopic (exact) mass is 282 g/mol. The largest absolute Gasteiger partial charge is 0.480 e. The molecule has 1 atom stereocenters. The molecule has 1 aromatic carbocycles. The normalized spacial score (nSPS) is 11.9. The van der Waals surface area contributed by atoms with Gasteiger partial charge in [0.25, 0.3) is 5.69 Å². The second-order valence-corrected chi connectivity index (χ2v) is 4.40. The molecule has 1 unspecified atom stereocenters. The van der Waals surface area contributed by atoms with Crippen molar-refractivity contribution in [2.24, 2.45) is 0 Å². The summed E-state index contributed by atoms with van der Waals surface area (Å²) in [6.45, 7) is 2.14. The number of nitrogens with zero attached hydrogens (tertiary/aromatic N) is 1. The molecule has 1 rings (SSSR count). The number of nitro benzene ring substituents is 1. The topological polar surface area (TPSA) is 102 Å². The van der Waals surface area contributed by atoms with Crippen molar-refractivity contribution in [3.8, 4) is 0 Å². The Kier molecular flexibility index (Phi) is 5.92. The van der Waals surface area contributed by atoms with Gasteiger partial charge in [-0.3, -0.25) is 10.1 Å². The number of carboxylic acids is 1. The van der Waals surface area contributed by atoms with Crippen molar-refractivity contribution < 1.29 is 19.6 Å². The third-order valence-corrected chi connectivity index (χ3v) is 2.91. The number of hydrogen-bond donors (Lipinski definition) is 2. The highest BCUT2D eigenvalue weighted by molar-refractivity contribution is 5.79. The maximum Gasteiger partial charge on any atom is 0.326 e. The predicted molar refractivity (Wildman–Crippen MR) is 74.0 cm³/mol. The van der Waals surface area contributed by atoms with E-state index in [-0.39, 0.29) is 11.4 Å². The Bertz CT molecular complexity index is 490. The van der Waals surface area contributed by atoms with Crippen LogP contribution < -0.4 is 5.32 Å². The van der Waals surface area contributed by atoms with Crippen LogP contribution in [0.2, 0.25) is 0 Å². The Hall–Kier alpha value is -2.15. The third-order valence-electron chi connectivity index (χ3n) is 2.91. The molecule has 0 spiro atoms. The second-order valence-electron chi connectivity index (χ2n) is 4.40. The smallest absolute Gasteiger partial charge is 0.326 e. The van der Waals surface area contributed by atoms with Crippen LogP contribution in [-0.4, -0.2) is 35.8 Å². The van der Waals surface area contributed by atoms with E-state index < -0.39 is 16.9 Å². The molecular formula is C13H18N2O5. The van der Waals surface area contributed by atoms with E-state index in [0.717, 1.165) is 0 Å². The highest BCUT2D eigenvalue weighted by atomic mass is 16.6. The fourth-order valence-corrected chi connectivity index (χ4v) is 1.86. The maximum absolute atomic E-state index is 11.2. The van der Waals surface area contributed by atoms with Crippen LogP contribution in [0.15, 0.2) is 18.2 Å². The number of anilines is 1. The summed E-state index contributed by atoms with van der Waals surface area (Å²) in [7, 11) is 1.54. The van der Waals surface area contributed by atoms with Gasteiger partial charge in [-0.2, -0.15) is 0 Å². The first-order valence-corrected chi connectivity index (χ1v) is 6.19. The number of rotatable bonds is 8. The molecule has 2 N–H and O–H groups in total. The highest BCUT2D eigenvalue weighted by Gasteiger charge is 2.22. The molecule has 0 aliphatic heterocycles. The first-order valence-electron chi connectivity index (χ1n) is 6.19. The van der Waals surface area contributed by atoms with Gasteiger partial charge in [-0.1, -0.05) is 12.1 Å². The van der Waals surface area contributed by atoms with E-state index in [0.29, 0.717) is 25.0 Å². The van der Waals surface area contributed by atoms with Crippen LogP contribution >= 0.6 is 0 Å². The molecule has 0 saturated carbocycles. The lowest BCUT2D eigenvalue weighted by Crippen LogP contribution is -2.30. The number of ether oxygens (including phenoxy) is 1. The molecule has 0 aliphatic carbocycles. The van der Waals surface area contributed by atoms with E-state index in [1.165, 1.54) is 13.2 Å². The van der Waals surface area contributed by atoms with Gasteiger partial charge in [0.15, 0.2) is 0 Å². The maximum atomic E-state index is 11.2. The molecule has 0 amide bonds. The number of aryl methyl sites for hydroxylation is 1. The van der Waals surface area contributed by atoms with Gasteiger partial charge in [-0.15, -0.1) is 0 Å². The van der Waals surface area contributed by atoms with Crippen molar-refractivity contribution in [2.45, 2.75) is 25.8 Å². The zero-order valence-electron chi connectivity index (χ0n) is 11.5. The van der Waals surface area contributed by atoms with Gasteiger partial charge in [0.2, 0.25) is 0 Å². The van der Waals surface area contributed by atoms with Crippen molar-refractivity contribution in [3.63, 3.8) is 0 Å². The van der Waals surface area contributed by atoms with Crippen LogP contribution in [0.1, 0.15) is 18.4 Å². The van der Waals surface area contributed by atoms with E-state index in [9.17, 15) is 20.0 Å². The minimum Gasteiger partial charge on any atom is -0.480 e. The Morgan fingerprint density at radius 3 is 2.80 bits per heavy atom. The number of carbonyl (C=O) groups is 1. The molecule has 0 saturated heterocycles. The molecule has 0 bridgehead atoms. The lowest BCUT2D eigenvalue weighted by atomic mass is 10.1. The number of hydrogen-bond acceptors (Lipinski definition) is 5. The van der Waals surface area contributed by atoms with Crippen LogP contribution in [0.4, 0.5) is 11.4 Å². The van der Waals surface area contributed by atoms with Gasteiger partial charge < -0.3 is 15.2 Å². The number of nitrogens with one attached hydrogen (secondary N) is 1. The fourth-order valence-electron chi connectivity index (χ4n) is 1.86. The Labute approximate surface area is 116 Å². The van der Waals surface area contributed by atoms with Crippen molar-refractivity contribution in [1.82, 2.24) is 0 Å². The lowest BCUT2D eigenvalue weighted by Gasteiger charge is -2.17. The molecule has 0 aromatic heterocycles. The van der Waals surface area contributed by atoms with Gasteiger partial charge >= 0.3 is 5.97 Å². The molecule has 20 heavy (non-hydrogen) atoms. The molecule has 1 aromatic rings. The van der Waals surface area contributed by atoms with E-state index in [4.69, 9.17) is 4.74 Å². The minimum absolute atomic E-state index is 0.122. The number of nitro groups is 1. The van der Waals surface area contributed by atoms with Gasteiger partial charge in [0, 0.05) is 19.8 Å². The fraction of sp³-hybridized carbons (Fsp3) is 0.462. The quantitative estimate of drug-likeness (QED) is 0.430. The number of methoxy groups -OCH3 is 1. The molecule has 7 nitrogen and oxygen atoms in total. The van der Waals surface area contributed by atoms with Crippen LogP contribution in [0.5, 0.6) is 0 Å². The van der Waals surface area contributed by atoms with E-state index in [2.05, 4.69) is 5.32 Å². The average Bonchev–Trinajstić information content (AvgIpc) is 2.39. The lowest BCUT2D eigenvalue weighted by molar-refractivity contribution is -0.384. The molecule has 110 valence electrons.